The van der Waals surface area contributed by atoms with Crippen LogP contribution >= 0.6 is 0 Å². The third-order valence-electron chi connectivity index (χ3n) is 3.87. The van der Waals surface area contributed by atoms with E-state index in [9.17, 15) is 4.79 Å². The topological polar surface area (TPSA) is 61.6 Å². The van der Waals surface area contributed by atoms with Crippen LogP contribution in [0.4, 0.5) is 5.69 Å². The number of piperazine rings is 1. The molecule has 0 aliphatic carbocycles. The standard InChI is InChI=1S/C14H22N4O/c1-10-8-12(16-15)4-5-13(10)14(19)18-7-6-17(3)11(2)9-18/h4-5,8,11,16H,6-7,9,15H2,1-3H3. The summed E-state index contributed by atoms with van der Waals surface area (Å²) in [5.74, 6) is 5.48. The number of aryl methyl sites for hydroxylation is 1. The molecule has 1 aliphatic heterocycles. The van der Waals surface area contributed by atoms with Crippen molar-refractivity contribution in [3.8, 4) is 0 Å². The van der Waals surface area contributed by atoms with Crippen LogP contribution in [0.25, 0.3) is 0 Å². The number of likely N-dealkylation sites (N-methyl/N-ethyl adjacent to an activating group) is 1. The summed E-state index contributed by atoms with van der Waals surface area (Å²) in [7, 11) is 2.10. The number of amides is 1. The third kappa shape index (κ3) is 2.88. The van der Waals surface area contributed by atoms with Crippen molar-refractivity contribution in [1.82, 2.24) is 9.80 Å². The van der Waals surface area contributed by atoms with E-state index in [1.54, 1.807) is 0 Å². The van der Waals surface area contributed by atoms with E-state index in [1.165, 1.54) is 0 Å². The Balaban J connectivity index is 2.16. The molecule has 1 aromatic carbocycles. The molecule has 3 N–H and O–H groups in total. The Morgan fingerprint density at radius 3 is 2.74 bits per heavy atom. The van der Waals surface area contributed by atoms with Gasteiger partial charge in [0.1, 0.15) is 0 Å². The highest BCUT2D eigenvalue weighted by Gasteiger charge is 2.25. The average molecular weight is 262 g/mol. The van der Waals surface area contributed by atoms with Gasteiger partial charge in [-0.3, -0.25) is 10.6 Å². The van der Waals surface area contributed by atoms with Crippen molar-refractivity contribution in [1.29, 1.82) is 0 Å². The molecule has 1 aromatic rings. The van der Waals surface area contributed by atoms with Crippen molar-refractivity contribution in [3.63, 3.8) is 0 Å². The second kappa shape index (κ2) is 5.59. The van der Waals surface area contributed by atoms with Gasteiger partial charge in [0.2, 0.25) is 0 Å². The normalized spacial score (nSPS) is 20.4. The van der Waals surface area contributed by atoms with E-state index in [-0.39, 0.29) is 5.91 Å². The lowest BCUT2D eigenvalue weighted by Gasteiger charge is -2.37. The number of nitrogens with one attached hydrogen (secondary N) is 1. The molecule has 1 aliphatic rings. The number of nitrogens with two attached hydrogens (primary N) is 1. The van der Waals surface area contributed by atoms with Crippen LogP contribution in [0.15, 0.2) is 18.2 Å². The molecule has 1 heterocycles. The molecule has 1 atom stereocenters. The number of carbonyl (C=O) groups excluding carboxylic acids is 1. The lowest BCUT2D eigenvalue weighted by Crippen LogP contribution is -2.52. The predicted octanol–water partition coefficient (Wildman–Crippen LogP) is 1.06. The predicted molar refractivity (Wildman–Crippen MR) is 77.0 cm³/mol. The molecule has 0 spiro atoms. The van der Waals surface area contributed by atoms with Crippen molar-refractivity contribution < 1.29 is 4.79 Å². The molecule has 19 heavy (non-hydrogen) atoms. The first kappa shape index (κ1) is 13.8. The monoisotopic (exact) mass is 262 g/mol. The number of hydrazine groups is 1. The Morgan fingerprint density at radius 2 is 2.16 bits per heavy atom. The molecule has 5 heteroatoms. The fourth-order valence-corrected chi connectivity index (χ4v) is 2.40. The Morgan fingerprint density at radius 1 is 1.42 bits per heavy atom. The van der Waals surface area contributed by atoms with E-state index in [0.717, 1.165) is 36.4 Å². The first-order valence-corrected chi connectivity index (χ1v) is 6.59. The van der Waals surface area contributed by atoms with Gasteiger partial charge in [-0.1, -0.05) is 0 Å². The highest BCUT2D eigenvalue weighted by molar-refractivity contribution is 5.96. The Hall–Kier alpha value is -1.59. The average Bonchev–Trinajstić information content (AvgIpc) is 2.41. The van der Waals surface area contributed by atoms with Crippen LogP contribution in [0.2, 0.25) is 0 Å². The fourth-order valence-electron chi connectivity index (χ4n) is 2.40. The third-order valence-corrected chi connectivity index (χ3v) is 3.87. The van der Waals surface area contributed by atoms with E-state index in [0.29, 0.717) is 6.04 Å². The minimum Gasteiger partial charge on any atom is -0.336 e. The van der Waals surface area contributed by atoms with Crippen molar-refractivity contribution in [2.24, 2.45) is 5.84 Å². The summed E-state index contributed by atoms with van der Waals surface area (Å²) >= 11 is 0. The van der Waals surface area contributed by atoms with Crippen LogP contribution < -0.4 is 11.3 Å². The first-order valence-electron chi connectivity index (χ1n) is 6.59. The Kier molecular flexibility index (Phi) is 4.07. The number of carbonyl (C=O) groups is 1. The van der Waals surface area contributed by atoms with Gasteiger partial charge in [-0.15, -0.1) is 0 Å². The summed E-state index contributed by atoms with van der Waals surface area (Å²) in [6.45, 7) is 6.58. The molecule has 0 bridgehead atoms. The van der Waals surface area contributed by atoms with Gasteiger partial charge in [0, 0.05) is 36.9 Å². The van der Waals surface area contributed by atoms with Crippen LogP contribution in [0.1, 0.15) is 22.8 Å². The van der Waals surface area contributed by atoms with Crippen LogP contribution in [-0.2, 0) is 0 Å². The van der Waals surface area contributed by atoms with Gasteiger partial charge in [-0.2, -0.15) is 0 Å². The molecule has 2 rings (SSSR count). The van der Waals surface area contributed by atoms with Gasteiger partial charge in [0.25, 0.3) is 5.91 Å². The zero-order valence-corrected chi connectivity index (χ0v) is 11.8. The Bertz CT molecular complexity index is 475. The smallest absolute Gasteiger partial charge is 0.254 e. The van der Waals surface area contributed by atoms with Crippen LogP contribution in [0.5, 0.6) is 0 Å². The molecule has 1 saturated heterocycles. The number of nitrogen functional groups attached to an aromatic ring is 1. The summed E-state index contributed by atoms with van der Waals surface area (Å²) < 4.78 is 0. The number of rotatable bonds is 2. The summed E-state index contributed by atoms with van der Waals surface area (Å²) in [5, 5.41) is 0. The number of hydrogen-bond acceptors (Lipinski definition) is 4. The van der Waals surface area contributed by atoms with Gasteiger partial charge in [-0.05, 0) is 44.7 Å². The maximum absolute atomic E-state index is 12.5. The lowest BCUT2D eigenvalue weighted by atomic mass is 10.1. The second-order valence-corrected chi connectivity index (χ2v) is 5.25. The SMILES string of the molecule is Cc1cc(NN)ccc1C(=O)N1CCN(C)C(C)C1. The molecule has 1 unspecified atom stereocenters. The quantitative estimate of drug-likeness (QED) is 0.618. The Labute approximate surface area is 114 Å². The zero-order chi connectivity index (χ0) is 14.0. The molecule has 0 radical (unpaired) electrons. The van der Waals surface area contributed by atoms with E-state index < -0.39 is 0 Å². The van der Waals surface area contributed by atoms with Gasteiger partial charge >= 0.3 is 0 Å². The van der Waals surface area contributed by atoms with Gasteiger partial charge in [0.05, 0.1) is 0 Å². The van der Waals surface area contributed by atoms with Crippen LogP contribution in [0, 0.1) is 6.92 Å². The van der Waals surface area contributed by atoms with Gasteiger partial charge < -0.3 is 15.2 Å². The minimum absolute atomic E-state index is 0.112. The first-order chi connectivity index (χ1) is 9.02. The largest absolute Gasteiger partial charge is 0.336 e. The molecular formula is C14H22N4O. The summed E-state index contributed by atoms with van der Waals surface area (Å²) in [6.07, 6.45) is 0. The minimum atomic E-state index is 0.112. The van der Waals surface area contributed by atoms with Crippen molar-refractivity contribution in [2.45, 2.75) is 19.9 Å². The molecule has 1 fully saturated rings. The number of benzene rings is 1. The van der Waals surface area contributed by atoms with Gasteiger partial charge in [-0.25, -0.2) is 0 Å². The zero-order valence-electron chi connectivity index (χ0n) is 11.8. The van der Waals surface area contributed by atoms with E-state index in [4.69, 9.17) is 5.84 Å². The van der Waals surface area contributed by atoms with Crippen LogP contribution in [-0.4, -0.2) is 48.4 Å². The van der Waals surface area contributed by atoms with Crippen molar-refractivity contribution >= 4 is 11.6 Å². The molecule has 104 valence electrons. The second-order valence-electron chi connectivity index (χ2n) is 5.25. The molecule has 1 amide bonds. The fraction of sp³-hybridized carbons (Fsp3) is 0.500. The lowest BCUT2D eigenvalue weighted by molar-refractivity contribution is 0.0572. The summed E-state index contributed by atoms with van der Waals surface area (Å²) in [6, 6.07) is 5.98. The molecular weight excluding hydrogens is 240 g/mol. The number of nitrogens with zero attached hydrogens (tertiary/aromatic N) is 2. The maximum atomic E-state index is 12.5. The molecule has 0 aromatic heterocycles. The van der Waals surface area contributed by atoms with E-state index in [1.807, 2.05) is 30.0 Å². The molecule has 5 nitrogen and oxygen atoms in total. The highest BCUT2D eigenvalue weighted by atomic mass is 16.2. The van der Waals surface area contributed by atoms with E-state index >= 15 is 0 Å². The van der Waals surface area contributed by atoms with E-state index in [2.05, 4.69) is 24.3 Å². The van der Waals surface area contributed by atoms with Crippen molar-refractivity contribution in [2.75, 3.05) is 32.1 Å². The van der Waals surface area contributed by atoms with Crippen LogP contribution in [0.3, 0.4) is 0 Å². The summed E-state index contributed by atoms with van der Waals surface area (Å²) in [4.78, 5) is 16.7. The number of anilines is 1. The van der Waals surface area contributed by atoms with Crippen molar-refractivity contribution in [3.05, 3.63) is 29.3 Å². The summed E-state index contributed by atoms with van der Waals surface area (Å²) in [5.41, 5.74) is 5.13. The maximum Gasteiger partial charge on any atom is 0.254 e. The number of hydrogen-bond donors (Lipinski definition) is 2. The molecule has 0 saturated carbocycles. The van der Waals surface area contributed by atoms with Gasteiger partial charge in [0.15, 0.2) is 0 Å². The highest BCUT2D eigenvalue weighted by Crippen LogP contribution is 2.18.